The van der Waals surface area contributed by atoms with Crippen molar-refractivity contribution in [3.8, 4) is 5.75 Å². The molecule has 0 radical (unpaired) electrons. The first kappa shape index (κ1) is 14.4. The van der Waals surface area contributed by atoms with Crippen LogP contribution in [0.25, 0.3) is 0 Å². The number of rotatable bonds is 5. The monoisotopic (exact) mass is 261 g/mol. The Balaban J connectivity index is 2.16. The van der Waals surface area contributed by atoms with Gasteiger partial charge in [-0.3, -0.25) is 4.90 Å². The highest BCUT2D eigenvalue weighted by atomic mass is 16.3. The van der Waals surface area contributed by atoms with Gasteiger partial charge in [0.25, 0.3) is 0 Å². The Morgan fingerprint density at radius 3 is 2.47 bits per heavy atom. The van der Waals surface area contributed by atoms with Crippen LogP contribution in [0.5, 0.6) is 5.75 Å². The zero-order valence-electron chi connectivity index (χ0n) is 12.5. The van der Waals surface area contributed by atoms with Gasteiger partial charge in [0, 0.05) is 18.6 Å². The fourth-order valence-corrected chi connectivity index (χ4v) is 3.26. The van der Waals surface area contributed by atoms with E-state index in [1.54, 1.807) is 6.07 Å². The molecule has 0 aromatic heterocycles. The van der Waals surface area contributed by atoms with Gasteiger partial charge in [-0.05, 0) is 43.4 Å². The number of aromatic hydroxyl groups is 1. The Morgan fingerprint density at radius 1 is 1.21 bits per heavy atom. The predicted octanol–water partition coefficient (Wildman–Crippen LogP) is 4.35. The molecule has 0 bridgehead atoms. The highest BCUT2D eigenvalue weighted by Gasteiger charge is 2.27. The van der Waals surface area contributed by atoms with Crippen LogP contribution in [-0.4, -0.2) is 22.6 Å². The molecule has 0 saturated heterocycles. The van der Waals surface area contributed by atoms with E-state index in [1.165, 1.54) is 31.2 Å². The molecule has 0 spiro atoms. The van der Waals surface area contributed by atoms with E-state index >= 15 is 0 Å². The van der Waals surface area contributed by atoms with Crippen molar-refractivity contribution in [3.63, 3.8) is 0 Å². The predicted molar refractivity (Wildman–Crippen MR) is 80.3 cm³/mol. The van der Waals surface area contributed by atoms with E-state index in [0.29, 0.717) is 17.7 Å². The average molecular weight is 261 g/mol. The quantitative estimate of drug-likeness (QED) is 0.851. The Hall–Kier alpha value is -1.02. The van der Waals surface area contributed by atoms with Crippen LogP contribution < -0.4 is 0 Å². The minimum absolute atomic E-state index is 0.375. The average Bonchev–Trinajstić information content (AvgIpc) is 2.88. The number of hydrogen-bond acceptors (Lipinski definition) is 2. The van der Waals surface area contributed by atoms with E-state index in [-0.39, 0.29) is 0 Å². The number of benzene rings is 1. The maximum Gasteiger partial charge on any atom is 0.115 e. The van der Waals surface area contributed by atoms with Gasteiger partial charge in [0.1, 0.15) is 5.75 Å². The molecule has 0 amide bonds. The van der Waals surface area contributed by atoms with Crippen molar-refractivity contribution in [1.82, 2.24) is 4.90 Å². The second-order valence-electron chi connectivity index (χ2n) is 6.30. The summed E-state index contributed by atoms with van der Waals surface area (Å²) >= 11 is 0. The van der Waals surface area contributed by atoms with Crippen molar-refractivity contribution >= 4 is 0 Å². The first-order valence-corrected chi connectivity index (χ1v) is 7.62. The van der Waals surface area contributed by atoms with Crippen molar-refractivity contribution in [2.24, 2.45) is 5.92 Å². The molecule has 1 aromatic rings. The van der Waals surface area contributed by atoms with Crippen molar-refractivity contribution < 1.29 is 5.11 Å². The first-order chi connectivity index (χ1) is 9.08. The molecule has 1 saturated carbocycles. The summed E-state index contributed by atoms with van der Waals surface area (Å²) in [5, 5.41) is 9.67. The van der Waals surface area contributed by atoms with Crippen molar-refractivity contribution in [1.29, 1.82) is 0 Å². The number of hydrogen-bond donors (Lipinski definition) is 1. The minimum atomic E-state index is 0.375. The summed E-state index contributed by atoms with van der Waals surface area (Å²) in [4.78, 5) is 2.65. The summed E-state index contributed by atoms with van der Waals surface area (Å²) in [6.45, 7) is 7.99. The summed E-state index contributed by atoms with van der Waals surface area (Å²) in [5.74, 6) is 1.06. The fraction of sp³-hybridized carbons (Fsp3) is 0.647. The van der Waals surface area contributed by atoms with E-state index in [1.807, 2.05) is 12.1 Å². The van der Waals surface area contributed by atoms with Gasteiger partial charge in [-0.2, -0.15) is 0 Å². The van der Waals surface area contributed by atoms with Crippen LogP contribution in [0.4, 0.5) is 0 Å². The van der Waals surface area contributed by atoms with Crippen LogP contribution in [0.1, 0.15) is 58.1 Å². The Labute approximate surface area is 117 Å². The van der Waals surface area contributed by atoms with Gasteiger partial charge in [0.15, 0.2) is 0 Å². The lowest BCUT2D eigenvalue weighted by molar-refractivity contribution is 0.127. The fourth-order valence-electron chi connectivity index (χ4n) is 3.26. The molecular weight excluding hydrogens is 234 g/mol. The molecule has 1 aliphatic carbocycles. The summed E-state index contributed by atoms with van der Waals surface area (Å²) in [5.41, 5.74) is 1.23. The topological polar surface area (TPSA) is 23.5 Å². The lowest BCUT2D eigenvalue weighted by atomic mass is 10.0. The van der Waals surface area contributed by atoms with Gasteiger partial charge in [-0.1, -0.05) is 38.8 Å². The molecule has 1 aliphatic rings. The van der Waals surface area contributed by atoms with Crippen LogP contribution in [-0.2, 0) is 0 Å². The Bertz CT molecular complexity index is 396. The normalized spacial score (nSPS) is 18.4. The van der Waals surface area contributed by atoms with E-state index in [9.17, 15) is 5.11 Å². The molecule has 106 valence electrons. The van der Waals surface area contributed by atoms with Crippen LogP contribution in [0.3, 0.4) is 0 Å². The highest BCUT2D eigenvalue weighted by molar-refractivity contribution is 5.29. The maximum absolute atomic E-state index is 9.67. The largest absolute Gasteiger partial charge is 0.508 e. The summed E-state index contributed by atoms with van der Waals surface area (Å²) in [6, 6.07) is 8.85. The molecule has 2 nitrogen and oxygen atoms in total. The van der Waals surface area contributed by atoms with E-state index < -0.39 is 0 Å². The molecule has 19 heavy (non-hydrogen) atoms. The molecule has 1 unspecified atom stereocenters. The highest BCUT2D eigenvalue weighted by Crippen LogP contribution is 2.32. The van der Waals surface area contributed by atoms with Crippen molar-refractivity contribution in [3.05, 3.63) is 29.8 Å². The van der Waals surface area contributed by atoms with E-state index in [4.69, 9.17) is 0 Å². The maximum atomic E-state index is 9.67. The number of phenols is 1. The first-order valence-electron chi connectivity index (χ1n) is 7.62. The van der Waals surface area contributed by atoms with E-state index in [2.05, 4.69) is 31.7 Å². The molecule has 2 heteroatoms. The van der Waals surface area contributed by atoms with Gasteiger partial charge in [0.05, 0.1) is 0 Å². The molecule has 1 aromatic carbocycles. The van der Waals surface area contributed by atoms with Gasteiger partial charge in [0.2, 0.25) is 0 Å². The second kappa shape index (κ2) is 6.42. The molecule has 1 atom stereocenters. The Kier molecular flexibility index (Phi) is 4.87. The number of nitrogens with zero attached hydrogens (tertiary/aromatic N) is 1. The minimum Gasteiger partial charge on any atom is -0.508 e. The zero-order valence-corrected chi connectivity index (χ0v) is 12.5. The second-order valence-corrected chi connectivity index (χ2v) is 6.30. The summed E-state index contributed by atoms with van der Waals surface area (Å²) in [6.07, 6.45) is 5.39. The zero-order chi connectivity index (χ0) is 13.8. The van der Waals surface area contributed by atoms with Gasteiger partial charge in [-0.25, -0.2) is 0 Å². The number of phenolic OH excluding ortho intramolecular Hbond substituents is 1. The molecular formula is C17H27NO. The van der Waals surface area contributed by atoms with Crippen LogP contribution >= 0.6 is 0 Å². The SMILES string of the molecule is CC(C)CN(C1CCCC1)C(C)c1cccc(O)c1. The molecule has 2 rings (SSSR count). The third kappa shape index (κ3) is 3.73. The lowest BCUT2D eigenvalue weighted by Gasteiger charge is -2.36. The van der Waals surface area contributed by atoms with Gasteiger partial charge < -0.3 is 5.11 Å². The third-order valence-electron chi connectivity index (χ3n) is 4.22. The molecule has 0 aliphatic heterocycles. The Morgan fingerprint density at radius 2 is 1.89 bits per heavy atom. The summed E-state index contributed by atoms with van der Waals surface area (Å²) in [7, 11) is 0. The lowest BCUT2D eigenvalue weighted by Crippen LogP contribution is -2.38. The smallest absolute Gasteiger partial charge is 0.115 e. The van der Waals surface area contributed by atoms with Crippen LogP contribution in [0.2, 0.25) is 0 Å². The standard InChI is InChI=1S/C17H27NO/c1-13(2)12-18(16-8-4-5-9-16)14(3)15-7-6-10-17(19)11-15/h6-7,10-11,13-14,16,19H,4-5,8-9,12H2,1-3H3. The van der Waals surface area contributed by atoms with Crippen molar-refractivity contribution in [2.75, 3.05) is 6.54 Å². The van der Waals surface area contributed by atoms with Crippen LogP contribution in [0, 0.1) is 5.92 Å². The summed E-state index contributed by atoms with van der Waals surface area (Å²) < 4.78 is 0. The molecule has 1 fully saturated rings. The van der Waals surface area contributed by atoms with Crippen molar-refractivity contribution in [2.45, 2.75) is 58.5 Å². The van der Waals surface area contributed by atoms with E-state index in [0.717, 1.165) is 12.6 Å². The van der Waals surface area contributed by atoms with Gasteiger partial charge in [-0.15, -0.1) is 0 Å². The molecule has 0 heterocycles. The molecule has 1 N–H and O–H groups in total. The van der Waals surface area contributed by atoms with Crippen LogP contribution in [0.15, 0.2) is 24.3 Å². The third-order valence-corrected chi connectivity index (χ3v) is 4.22. The van der Waals surface area contributed by atoms with Gasteiger partial charge >= 0.3 is 0 Å².